The molecule has 1 aliphatic rings. The van der Waals surface area contributed by atoms with Crippen LogP contribution in [0.3, 0.4) is 0 Å². The summed E-state index contributed by atoms with van der Waals surface area (Å²) in [5.74, 6) is -0.579. The molecule has 1 saturated heterocycles. The van der Waals surface area contributed by atoms with Crippen molar-refractivity contribution in [1.82, 2.24) is 4.90 Å². The van der Waals surface area contributed by atoms with Crippen LogP contribution in [-0.4, -0.2) is 37.0 Å². The third kappa shape index (κ3) is 4.55. The van der Waals surface area contributed by atoms with Gasteiger partial charge in [-0.2, -0.15) is 5.26 Å². The van der Waals surface area contributed by atoms with E-state index in [1.165, 1.54) is 18.3 Å². The number of hydrogen-bond acceptors (Lipinski definition) is 5. The number of carbonyl (C=O) groups excluding carboxylic acids is 1. The Balaban J connectivity index is 1.59. The van der Waals surface area contributed by atoms with Gasteiger partial charge in [0.25, 0.3) is 5.91 Å². The van der Waals surface area contributed by atoms with E-state index in [9.17, 15) is 14.4 Å². The molecule has 6 nitrogen and oxygen atoms in total. The van der Waals surface area contributed by atoms with E-state index >= 15 is 0 Å². The molecule has 0 radical (unpaired) electrons. The number of rotatable bonds is 4. The van der Waals surface area contributed by atoms with Gasteiger partial charge in [0.2, 0.25) is 0 Å². The number of nitriles is 1. The first-order valence-electron chi connectivity index (χ1n) is 8.59. The van der Waals surface area contributed by atoms with Crippen molar-refractivity contribution in [2.45, 2.75) is 0 Å². The normalized spacial score (nSPS) is 14.6. The maximum Gasteiger partial charge on any atom is 0.266 e. The third-order valence-corrected chi connectivity index (χ3v) is 4.40. The first-order chi connectivity index (χ1) is 13.1. The molecule has 0 aromatic heterocycles. The Labute approximate surface area is 157 Å². The van der Waals surface area contributed by atoms with E-state index in [4.69, 9.17) is 5.73 Å². The van der Waals surface area contributed by atoms with Crippen LogP contribution < -0.4 is 16.0 Å². The molecule has 0 aliphatic carbocycles. The Kier molecular flexibility index (Phi) is 5.57. The van der Waals surface area contributed by atoms with Crippen LogP contribution in [0.1, 0.15) is 0 Å². The topological polar surface area (TPSA) is 85.4 Å². The third-order valence-electron chi connectivity index (χ3n) is 4.40. The average Bonchev–Trinajstić information content (AvgIpc) is 2.70. The van der Waals surface area contributed by atoms with E-state index in [1.807, 2.05) is 6.07 Å². The molecule has 0 spiro atoms. The Morgan fingerprint density at radius 1 is 1.07 bits per heavy atom. The quantitative estimate of drug-likeness (QED) is 0.494. The molecule has 0 atom stereocenters. The van der Waals surface area contributed by atoms with Gasteiger partial charge in [-0.3, -0.25) is 4.79 Å². The molecule has 1 fully saturated rings. The highest BCUT2D eigenvalue weighted by molar-refractivity contribution is 5.97. The standard InChI is InChI=1S/C20H20FN5O/c21-16-1-7-19(8-2-16)25-9-11-26(12-10-25)20(27)15(13-22)14-24-18-5-3-17(23)4-6-18/h1-8,14,24H,9-12,23H2/b15-14-. The smallest absolute Gasteiger partial charge is 0.266 e. The van der Waals surface area contributed by atoms with Crippen LogP contribution in [0.5, 0.6) is 0 Å². The van der Waals surface area contributed by atoms with Crippen molar-refractivity contribution in [1.29, 1.82) is 5.26 Å². The first-order valence-corrected chi connectivity index (χ1v) is 8.59. The minimum Gasteiger partial charge on any atom is -0.399 e. The summed E-state index contributed by atoms with van der Waals surface area (Å²) in [6.45, 7) is 2.25. The van der Waals surface area contributed by atoms with Gasteiger partial charge < -0.3 is 20.9 Å². The number of nitrogens with two attached hydrogens (primary N) is 1. The molecule has 0 saturated carbocycles. The highest BCUT2D eigenvalue weighted by Gasteiger charge is 2.23. The van der Waals surface area contributed by atoms with Gasteiger partial charge in [0.1, 0.15) is 17.5 Å². The van der Waals surface area contributed by atoms with E-state index in [-0.39, 0.29) is 17.3 Å². The SMILES string of the molecule is N#C/C(=C/Nc1ccc(N)cc1)C(=O)N1CCN(c2ccc(F)cc2)CC1. The largest absolute Gasteiger partial charge is 0.399 e. The van der Waals surface area contributed by atoms with Crippen molar-refractivity contribution >= 4 is 23.0 Å². The van der Waals surface area contributed by atoms with Gasteiger partial charge in [0, 0.05) is 49.4 Å². The summed E-state index contributed by atoms with van der Waals surface area (Å²) < 4.78 is 13.0. The van der Waals surface area contributed by atoms with Gasteiger partial charge in [-0.1, -0.05) is 0 Å². The van der Waals surface area contributed by atoms with Crippen LogP contribution in [0.15, 0.2) is 60.3 Å². The predicted molar refractivity (Wildman–Crippen MR) is 103 cm³/mol. The number of piperazine rings is 1. The summed E-state index contributed by atoms with van der Waals surface area (Å²) in [7, 11) is 0. The summed E-state index contributed by atoms with van der Waals surface area (Å²) in [4.78, 5) is 16.3. The number of anilines is 3. The molecule has 0 unspecified atom stereocenters. The number of halogens is 1. The van der Waals surface area contributed by atoms with Gasteiger partial charge in [-0.05, 0) is 48.5 Å². The van der Waals surface area contributed by atoms with Crippen molar-refractivity contribution in [3.05, 3.63) is 66.1 Å². The second kappa shape index (κ2) is 8.23. The molecule has 3 rings (SSSR count). The molecule has 3 N–H and O–H groups in total. The second-order valence-corrected chi connectivity index (χ2v) is 6.19. The van der Waals surface area contributed by atoms with Gasteiger partial charge in [-0.25, -0.2) is 4.39 Å². The lowest BCUT2D eigenvalue weighted by Gasteiger charge is -2.36. The number of nitrogens with one attached hydrogen (secondary N) is 1. The fourth-order valence-electron chi connectivity index (χ4n) is 2.87. The van der Waals surface area contributed by atoms with Gasteiger partial charge in [-0.15, -0.1) is 0 Å². The van der Waals surface area contributed by atoms with Crippen LogP contribution in [0.4, 0.5) is 21.5 Å². The van der Waals surface area contributed by atoms with E-state index in [0.29, 0.717) is 31.9 Å². The van der Waals surface area contributed by atoms with E-state index in [1.54, 1.807) is 41.3 Å². The van der Waals surface area contributed by atoms with Crippen LogP contribution in [-0.2, 0) is 4.79 Å². The molecular weight excluding hydrogens is 345 g/mol. The number of benzene rings is 2. The summed E-state index contributed by atoms with van der Waals surface area (Å²) in [6.07, 6.45) is 1.42. The van der Waals surface area contributed by atoms with Gasteiger partial charge in [0.05, 0.1) is 0 Å². The maximum absolute atomic E-state index is 13.0. The zero-order chi connectivity index (χ0) is 19.2. The molecule has 1 heterocycles. The monoisotopic (exact) mass is 365 g/mol. The fourth-order valence-corrected chi connectivity index (χ4v) is 2.87. The maximum atomic E-state index is 13.0. The summed E-state index contributed by atoms with van der Waals surface area (Å²) >= 11 is 0. The van der Waals surface area contributed by atoms with Crippen LogP contribution in [0, 0.1) is 17.1 Å². The Morgan fingerprint density at radius 3 is 2.30 bits per heavy atom. The number of nitrogens with zero attached hydrogens (tertiary/aromatic N) is 3. The Hall–Kier alpha value is -3.53. The van der Waals surface area contributed by atoms with E-state index in [0.717, 1.165) is 11.4 Å². The first kappa shape index (κ1) is 18.3. The highest BCUT2D eigenvalue weighted by atomic mass is 19.1. The van der Waals surface area contributed by atoms with E-state index in [2.05, 4.69) is 10.2 Å². The van der Waals surface area contributed by atoms with Crippen LogP contribution in [0.2, 0.25) is 0 Å². The lowest BCUT2D eigenvalue weighted by Crippen LogP contribution is -2.49. The summed E-state index contributed by atoms with van der Waals surface area (Å²) in [5.41, 5.74) is 7.98. The summed E-state index contributed by atoms with van der Waals surface area (Å²) in [5, 5.41) is 12.3. The molecule has 2 aromatic rings. The minimum absolute atomic E-state index is 0.0436. The lowest BCUT2D eigenvalue weighted by atomic mass is 10.2. The Morgan fingerprint density at radius 2 is 1.70 bits per heavy atom. The lowest BCUT2D eigenvalue weighted by molar-refractivity contribution is -0.127. The van der Waals surface area contributed by atoms with Gasteiger partial charge >= 0.3 is 0 Å². The van der Waals surface area contributed by atoms with Crippen molar-refractivity contribution in [3.8, 4) is 6.07 Å². The Bertz CT molecular complexity index is 863. The zero-order valence-electron chi connectivity index (χ0n) is 14.7. The molecule has 1 amide bonds. The molecule has 27 heavy (non-hydrogen) atoms. The van der Waals surface area contributed by atoms with Crippen molar-refractivity contribution in [2.75, 3.05) is 42.1 Å². The fraction of sp³-hybridized carbons (Fsp3) is 0.200. The van der Waals surface area contributed by atoms with E-state index < -0.39 is 0 Å². The second-order valence-electron chi connectivity index (χ2n) is 6.19. The molecule has 1 aliphatic heterocycles. The average molecular weight is 365 g/mol. The molecule has 7 heteroatoms. The molecule has 0 bridgehead atoms. The van der Waals surface area contributed by atoms with Crippen LogP contribution >= 0.6 is 0 Å². The van der Waals surface area contributed by atoms with Crippen molar-refractivity contribution in [3.63, 3.8) is 0 Å². The number of amides is 1. The van der Waals surface area contributed by atoms with Crippen molar-refractivity contribution in [2.24, 2.45) is 0 Å². The molecule has 2 aromatic carbocycles. The summed E-state index contributed by atoms with van der Waals surface area (Å²) in [6, 6.07) is 15.3. The minimum atomic E-state index is -0.306. The number of nitrogen functional groups attached to an aromatic ring is 1. The highest BCUT2D eigenvalue weighted by Crippen LogP contribution is 2.18. The molecule has 138 valence electrons. The van der Waals surface area contributed by atoms with Gasteiger partial charge in [0.15, 0.2) is 0 Å². The number of carbonyl (C=O) groups is 1. The van der Waals surface area contributed by atoms with Crippen molar-refractivity contribution < 1.29 is 9.18 Å². The van der Waals surface area contributed by atoms with Crippen LogP contribution in [0.25, 0.3) is 0 Å². The zero-order valence-corrected chi connectivity index (χ0v) is 14.7. The number of hydrogen-bond donors (Lipinski definition) is 2. The predicted octanol–water partition coefficient (Wildman–Crippen LogP) is 2.58. The molecular formula is C20H20FN5O.